The quantitative estimate of drug-likeness (QED) is 0.167. The van der Waals surface area contributed by atoms with Crippen molar-refractivity contribution in [2.75, 3.05) is 13.7 Å². The van der Waals surface area contributed by atoms with Crippen molar-refractivity contribution in [2.45, 2.75) is 80.9 Å². The minimum atomic E-state index is -4.11. The van der Waals surface area contributed by atoms with Gasteiger partial charge in [-0.2, -0.15) is 0 Å². The van der Waals surface area contributed by atoms with E-state index in [1.165, 1.54) is 11.0 Å². The summed E-state index contributed by atoms with van der Waals surface area (Å²) in [7, 11) is -2.53. The fraction of sp³-hybridized carbons (Fsp3) is 0.381. The summed E-state index contributed by atoms with van der Waals surface area (Å²) in [5.74, 6) is -0.852. The number of methoxy groups -OCH3 is 1. The highest BCUT2D eigenvalue weighted by Gasteiger charge is 2.63. The summed E-state index contributed by atoms with van der Waals surface area (Å²) in [5.41, 5.74) is 0.605. The normalized spacial score (nSPS) is 22.7. The largest absolute Gasteiger partial charge is 0.497 e. The number of aromatic nitrogens is 1. The van der Waals surface area contributed by atoms with Gasteiger partial charge in [-0.25, -0.2) is 18.2 Å². The van der Waals surface area contributed by atoms with Crippen LogP contribution in [-0.2, 0) is 30.8 Å². The summed E-state index contributed by atoms with van der Waals surface area (Å²) in [6.45, 7) is 9.03. The number of carbonyl (C=O) groups excluding carboxylic acids is 3. The molecule has 1 saturated heterocycles. The van der Waals surface area contributed by atoms with Crippen LogP contribution in [-0.4, -0.2) is 77.9 Å². The minimum Gasteiger partial charge on any atom is -0.497 e. The van der Waals surface area contributed by atoms with Crippen molar-refractivity contribution >= 4 is 38.8 Å². The van der Waals surface area contributed by atoms with Gasteiger partial charge in [0.05, 0.1) is 29.6 Å². The fourth-order valence-corrected chi connectivity index (χ4v) is 8.94. The van der Waals surface area contributed by atoms with Gasteiger partial charge in [0, 0.05) is 35.4 Å². The van der Waals surface area contributed by atoms with Crippen molar-refractivity contribution in [3.05, 3.63) is 103 Å². The third-order valence-electron chi connectivity index (χ3n) is 10.6. The zero-order valence-corrected chi connectivity index (χ0v) is 32.2. The Morgan fingerprint density at radius 3 is 2.31 bits per heavy atom. The highest BCUT2D eigenvalue weighted by molar-refractivity contribution is 7.91. The Kier molecular flexibility index (Phi) is 9.87. The number of pyridine rings is 1. The van der Waals surface area contributed by atoms with Crippen LogP contribution in [0.5, 0.6) is 11.5 Å². The Balaban J connectivity index is 1.14. The predicted octanol–water partition coefficient (Wildman–Crippen LogP) is 5.95. The second kappa shape index (κ2) is 14.3. The SMILES string of the molecule is C=CC1CC1(NC(=O)C1CC(Oc2cc(-c3ccccc3)nc3cc(OC)ccc23)CN1C(=O)OC(C)(C)C)C(=O)NS(=O)(=O)C1(Cc2ccccc2)CC1. The molecule has 2 aliphatic carbocycles. The molecule has 3 aromatic carbocycles. The molecule has 4 unspecified atom stereocenters. The second-order valence-corrected chi connectivity index (χ2v) is 17.7. The van der Waals surface area contributed by atoms with E-state index >= 15 is 0 Å². The van der Waals surface area contributed by atoms with E-state index in [4.69, 9.17) is 19.2 Å². The third kappa shape index (κ3) is 7.75. The van der Waals surface area contributed by atoms with E-state index in [-0.39, 0.29) is 25.8 Å². The van der Waals surface area contributed by atoms with Crippen molar-refractivity contribution < 1.29 is 37.0 Å². The number of benzene rings is 3. The number of hydrogen-bond donors (Lipinski definition) is 2. The average Bonchev–Trinajstić information content (AvgIpc) is 4.06. The van der Waals surface area contributed by atoms with Crippen LogP contribution in [0.15, 0.2) is 97.6 Å². The maximum atomic E-state index is 14.3. The lowest BCUT2D eigenvalue weighted by Crippen LogP contribution is -2.57. The summed E-state index contributed by atoms with van der Waals surface area (Å²) in [5, 5.41) is 3.55. The van der Waals surface area contributed by atoms with Crippen LogP contribution in [0.25, 0.3) is 22.2 Å². The third-order valence-corrected chi connectivity index (χ3v) is 12.7. The van der Waals surface area contributed by atoms with E-state index in [9.17, 15) is 22.8 Å². The topological polar surface area (TPSA) is 153 Å². The van der Waals surface area contributed by atoms with Crippen LogP contribution in [0.2, 0.25) is 0 Å². The van der Waals surface area contributed by atoms with E-state index in [1.54, 1.807) is 33.9 Å². The Hall–Kier alpha value is -5.43. The van der Waals surface area contributed by atoms with Crippen molar-refractivity contribution in [1.82, 2.24) is 19.9 Å². The Morgan fingerprint density at radius 1 is 1.00 bits per heavy atom. The number of nitrogens with one attached hydrogen (secondary N) is 2. The van der Waals surface area contributed by atoms with Crippen LogP contribution < -0.4 is 19.5 Å². The second-order valence-electron chi connectivity index (χ2n) is 15.7. The van der Waals surface area contributed by atoms with Gasteiger partial charge in [-0.05, 0) is 64.2 Å². The van der Waals surface area contributed by atoms with Crippen molar-refractivity contribution in [1.29, 1.82) is 0 Å². The number of nitrogens with zero attached hydrogens (tertiary/aromatic N) is 2. The number of hydrogen-bond acceptors (Lipinski definition) is 9. The van der Waals surface area contributed by atoms with Gasteiger partial charge >= 0.3 is 6.09 Å². The molecule has 0 radical (unpaired) electrons. The molecule has 3 aliphatic rings. The first-order chi connectivity index (χ1) is 26.2. The summed E-state index contributed by atoms with van der Waals surface area (Å²) < 4.78 is 46.4. The molecule has 2 heterocycles. The predicted molar refractivity (Wildman–Crippen MR) is 208 cm³/mol. The standard InChI is InChI=1S/C42H46N4O8S/c1-6-29-25-42(29,38(48)45-55(50,51)41(19-20-41)24-27-13-9-7-10-14-27)44-37(47)35-22-31(26-46(35)39(49)54-40(2,3)4)53-36-23-33(28-15-11-8-12-16-28)43-34-21-30(52-5)17-18-32(34)36/h6-18,21,23,29,31,35H,1,19-20,22,24-26H2,2-5H3,(H,44,47)(H,45,48). The summed E-state index contributed by atoms with van der Waals surface area (Å²) in [6, 6.07) is 25.1. The molecule has 2 saturated carbocycles. The number of sulfonamides is 1. The molecule has 3 fully saturated rings. The van der Waals surface area contributed by atoms with Gasteiger partial charge in [-0.1, -0.05) is 66.7 Å². The van der Waals surface area contributed by atoms with E-state index in [0.717, 1.165) is 11.1 Å². The first kappa shape index (κ1) is 37.9. The number of carbonyl (C=O) groups is 3. The molecule has 2 N–H and O–H groups in total. The van der Waals surface area contributed by atoms with E-state index in [1.807, 2.05) is 78.9 Å². The van der Waals surface area contributed by atoms with Crippen LogP contribution in [0, 0.1) is 5.92 Å². The number of rotatable bonds is 12. The Morgan fingerprint density at radius 2 is 1.69 bits per heavy atom. The lowest BCUT2D eigenvalue weighted by molar-refractivity contribution is -0.131. The van der Waals surface area contributed by atoms with E-state index in [2.05, 4.69) is 16.6 Å². The molecular weight excluding hydrogens is 721 g/mol. The molecule has 0 spiro atoms. The van der Waals surface area contributed by atoms with Crippen molar-refractivity contribution in [3.8, 4) is 22.8 Å². The summed E-state index contributed by atoms with van der Waals surface area (Å²) >= 11 is 0. The van der Waals surface area contributed by atoms with E-state index < -0.39 is 61.9 Å². The Bertz CT molecular complexity index is 2240. The molecule has 288 valence electrons. The molecule has 13 heteroatoms. The lowest BCUT2D eigenvalue weighted by Gasteiger charge is -2.29. The molecule has 3 amide bonds. The maximum absolute atomic E-state index is 14.3. The summed E-state index contributed by atoms with van der Waals surface area (Å²) in [4.78, 5) is 48.0. The van der Waals surface area contributed by atoms with Crippen LogP contribution in [0.3, 0.4) is 0 Å². The molecular formula is C42H46N4O8S. The zero-order valence-electron chi connectivity index (χ0n) is 31.4. The number of amides is 3. The van der Waals surface area contributed by atoms with E-state index in [0.29, 0.717) is 40.9 Å². The van der Waals surface area contributed by atoms with Gasteiger partial charge in [0.15, 0.2) is 0 Å². The molecule has 1 aromatic heterocycles. The van der Waals surface area contributed by atoms with Gasteiger partial charge in [0.25, 0.3) is 5.91 Å². The molecule has 4 aromatic rings. The molecule has 1 aliphatic heterocycles. The zero-order chi connectivity index (χ0) is 39.2. The fourth-order valence-electron chi connectivity index (χ4n) is 7.30. The molecule has 12 nitrogen and oxygen atoms in total. The highest BCUT2D eigenvalue weighted by Crippen LogP contribution is 2.48. The maximum Gasteiger partial charge on any atom is 0.411 e. The van der Waals surface area contributed by atoms with Crippen LogP contribution >= 0.6 is 0 Å². The first-order valence-electron chi connectivity index (χ1n) is 18.4. The Labute approximate surface area is 321 Å². The smallest absolute Gasteiger partial charge is 0.411 e. The van der Waals surface area contributed by atoms with Gasteiger partial charge in [-0.15, -0.1) is 6.58 Å². The monoisotopic (exact) mass is 766 g/mol. The van der Waals surface area contributed by atoms with Crippen LogP contribution in [0.1, 0.15) is 52.0 Å². The van der Waals surface area contributed by atoms with Gasteiger partial charge in [0.2, 0.25) is 15.9 Å². The van der Waals surface area contributed by atoms with Crippen LogP contribution in [0.4, 0.5) is 4.79 Å². The number of ether oxygens (including phenoxy) is 3. The molecule has 4 atom stereocenters. The van der Waals surface area contributed by atoms with Gasteiger partial charge in [-0.3, -0.25) is 19.2 Å². The molecule has 7 rings (SSSR count). The lowest BCUT2D eigenvalue weighted by atomic mass is 10.1. The first-order valence-corrected chi connectivity index (χ1v) is 19.9. The molecule has 55 heavy (non-hydrogen) atoms. The average molecular weight is 767 g/mol. The molecule has 0 bridgehead atoms. The van der Waals surface area contributed by atoms with Crippen molar-refractivity contribution in [2.24, 2.45) is 5.92 Å². The highest BCUT2D eigenvalue weighted by atomic mass is 32.2. The minimum absolute atomic E-state index is 0.00805. The van der Waals surface area contributed by atoms with Gasteiger partial charge in [0.1, 0.15) is 34.8 Å². The number of likely N-dealkylation sites (tertiary alicyclic amines) is 1. The van der Waals surface area contributed by atoms with Gasteiger partial charge < -0.3 is 19.5 Å². The summed E-state index contributed by atoms with van der Waals surface area (Å²) in [6.07, 6.45) is 1.47. The van der Waals surface area contributed by atoms with Crippen molar-refractivity contribution in [3.63, 3.8) is 0 Å². The number of fused-ring (bicyclic) bond motifs is 1.